The summed E-state index contributed by atoms with van der Waals surface area (Å²) in [6, 6.07) is 0. The molecule has 16 heavy (non-hydrogen) atoms. The topological polar surface area (TPSA) is 37.3 Å². The van der Waals surface area contributed by atoms with Crippen molar-refractivity contribution in [1.82, 2.24) is 0 Å². The van der Waals surface area contributed by atoms with Gasteiger partial charge in [-0.15, -0.1) is 0 Å². The maximum Gasteiger partial charge on any atom is 0.306 e. The molecule has 96 valence electrons. The number of aliphatic carboxylic acids is 1. The summed E-state index contributed by atoms with van der Waals surface area (Å²) in [6.45, 7) is 8.32. The van der Waals surface area contributed by atoms with E-state index in [1.165, 1.54) is 0 Å². The van der Waals surface area contributed by atoms with Crippen LogP contribution in [-0.2, 0) is 4.79 Å². The maximum absolute atomic E-state index is 11.2. The van der Waals surface area contributed by atoms with E-state index in [1.807, 2.05) is 0 Å². The molecular formula is C13H28NO2+. The molecule has 0 amide bonds. The van der Waals surface area contributed by atoms with Crippen molar-refractivity contribution in [2.75, 3.05) is 27.2 Å². The number of carbonyl (C=O) groups is 1. The smallest absolute Gasteiger partial charge is 0.306 e. The van der Waals surface area contributed by atoms with Crippen molar-refractivity contribution in [3.8, 4) is 0 Å². The number of quaternary nitrogens is 1. The van der Waals surface area contributed by atoms with Crippen LogP contribution in [0.25, 0.3) is 0 Å². The van der Waals surface area contributed by atoms with Gasteiger partial charge in [0.15, 0.2) is 0 Å². The third-order valence-corrected chi connectivity index (χ3v) is 3.51. The summed E-state index contributed by atoms with van der Waals surface area (Å²) in [5.74, 6) is -0.556. The van der Waals surface area contributed by atoms with Crippen LogP contribution in [0.2, 0.25) is 0 Å². The Bertz CT molecular complexity index is 214. The normalized spacial score (nSPS) is 15.8. The van der Waals surface area contributed by atoms with Crippen LogP contribution in [-0.4, -0.2) is 42.7 Å². The Kier molecular flexibility index (Phi) is 6.65. The molecule has 0 fully saturated rings. The van der Waals surface area contributed by atoms with Crippen molar-refractivity contribution in [3.63, 3.8) is 0 Å². The highest BCUT2D eigenvalue weighted by molar-refractivity contribution is 5.70. The fraction of sp³-hybridized carbons (Fsp3) is 0.923. The fourth-order valence-electron chi connectivity index (χ4n) is 2.11. The fourth-order valence-corrected chi connectivity index (χ4v) is 2.11. The van der Waals surface area contributed by atoms with Gasteiger partial charge < -0.3 is 9.59 Å². The van der Waals surface area contributed by atoms with Crippen LogP contribution < -0.4 is 0 Å². The van der Waals surface area contributed by atoms with Gasteiger partial charge in [-0.1, -0.05) is 26.7 Å². The minimum atomic E-state index is -0.628. The predicted octanol–water partition coefficient (Wildman–Crippen LogP) is 2.61. The Labute approximate surface area is 100 Å². The van der Waals surface area contributed by atoms with E-state index in [9.17, 15) is 9.90 Å². The standard InChI is InChI=1S/C13H27NO2/c1-6-8-9-12(13(15)16)11(3)10-14(4,5)7-2/h11-12H,6-10H2,1-5H3/p+1. The number of rotatable bonds is 8. The van der Waals surface area contributed by atoms with E-state index in [1.54, 1.807) is 0 Å². The largest absolute Gasteiger partial charge is 0.481 e. The van der Waals surface area contributed by atoms with Gasteiger partial charge in [0.1, 0.15) is 0 Å². The molecule has 0 heterocycles. The van der Waals surface area contributed by atoms with Crippen molar-refractivity contribution in [3.05, 3.63) is 0 Å². The molecule has 3 heteroatoms. The van der Waals surface area contributed by atoms with Crippen LogP contribution in [0.15, 0.2) is 0 Å². The Morgan fingerprint density at radius 1 is 1.31 bits per heavy atom. The second-order valence-electron chi connectivity index (χ2n) is 5.50. The molecule has 2 atom stereocenters. The van der Waals surface area contributed by atoms with Gasteiger partial charge in [-0.3, -0.25) is 4.79 Å². The van der Waals surface area contributed by atoms with Crippen molar-refractivity contribution in [2.45, 2.75) is 40.0 Å². The minimum absolute atomic E-state index is 0.177. The van der Waals surface area contributed by atoms with E-state index >= 15 is 0 Å². The molecule has 0 aromatic carbocycles. The zero-order valence-corrected chi connectivity index (χ0v) is 11.5. The van der Waals surface area contributed by atoms with Crippen LogP contribution in [0, 0.1) is 11.8 Å². The van der Waals surface area contributed by atoms with Gasteiger partial charge in [0.05, 0.1) is 33.1 Å². The predicted molar refractivity (Wildman–Crippen MR) is 67.3 cm³/mol. The van der Waals surface area contributed by atoms with Gasteiger partial charge in [0.25, 0.3) is 0 Å². The molecule has 0 saturated carbocycles. The SMILES string of the molecule is CCCCC(C(=O)O)C(C)C[N+](C)(C)CC. The highest BCUT2D eigenvalue weighted by atomic mass is 16.4. The highest BCUT2D eigenvalue weighted by Crippen LogP contribution is 2.21. The molecule has 3 nitrogen and oxygen atoms in total. The highest BCUT2D eigenvalue weighted by Gasteiger charge is 2.29. The van der Waals surface area contributed by atoms with Crippen molar-refractivity contribution in [1.29, 1.82) is 0 Å². The van der Waals surface area contributed by atoms with Gasteiger partial charge in [-0.2, -0.15) is 0 Å². The molecule has 0 aliphatic carbocycles. The lowest BCUT2D eigenvalue weighted by Gasteiger charge is -2.33. The van der Waals surface area contributed by atoms with Crippen molar-refractivity contribution < 1.29 is 14.4 Å². The molecule has 0 aromatic rings. The first kappa shape index (κ1) is 15.4. The lowest BCUT2D eigenvalue weighted by molar-refractivity contribution is -0.892. The molecule has 0 radical (unpaired) electrons. The van der Waals surface area contributed by atoms with Crippen LogP contribution in [0.5, 0.6) is 0 Å². The van der Waals surface area contributed by atoms with Crippen molar-refractivity contribution in [2.24, 2.45) is 11.8 Å². The number of carboxylic acid groups (broad SMARTS) is 1. The van der Waals surface area contributed by atoms with E-state index in [-0.39, 0.29) is 11.8 Å². The average molecular weight is 230 g/mol. The van der Waals surface area contributed by atoms with Crippen LogP contribution in [0.3, 0.4) is 0 Å². The summed E-state index contributed by atoms with van der Waals surface area (Å²) in [6.07, 6.45) is 2.90. The molecule has 0 bridgehead atoms. The van der Waals surface area contributed by atoms with E-state index in [2.05, 4.69) is 34.9 Å². The number of hydrogen-bond acceptors (Lipinski definition) is 1. The molecule has 0 aromatic heterocycles. The van der Waals surface area contributed by atoms with Gasteiger partial charge >= 0.3 is 5.97 Å². The molecule has 0 spiro atoms. The number of carboxylic acids is 1. The van der Waals surface area contributed by atoms with Crippen LogP contribution in [0.4, 0.5) is 0 Å². The molecule has 1 N–H and O–H groups in total. The van der Waals surface area contributed by atoms with E-state index in [0.29, 0.717) is 0 Å². The van der Waals surface area contributed by atoms with E-state index < -0.39 is 5.97 Å². The first-order valence-corrected chi connectivity index (χ1v) is 6.38. The van der Waals surface area contributed by atoms with Gasteiger partial charge in [0, 0.05) is 5.92 Å². The summed E-state index contributed by atoms with van der Waals surface area (Å²) < 4.78 is 0.900. The Hall–Kier alpha value is -0.570. The maximum atomic E-state index is 11.2. The lowest BCUT2D eigenvalue weighted by Crippen LogP contribution is -2.45. The Morgan fingerprint density at radius 3 is 2.25 bits per heavy atom. The average Bonchev–Trinajstić information content (AvgIpc) is 2.17. The Balaban J connectivity index is 4.38. The van der Waals surface area contributed by atoms with E-state index in [4.69, 9.17) is 0 Å². The zero-order valence-electron chi connectivity index (χ0n) is 11.5. The summed E-state index contributed by atoms with van der Waals surface area (Å²) in [5.41, 5.74) is 0. The number of nitrogens with zero attached hydrogens (tertiary/aromatic N) is 1. The number of unbranched alkanes of at least 4 members (excludes halogenated alkanes) is 1. The molecule has 0 aliphatic rings. The first-order chi connectivity index (χ1) is 7.34. The third kappa shape index (κ3) is 5.50. The minimum Gasteiger partial charge on any atom is -0.481 e. The summed E-state index contributed by atoms with van der Waals surface area (Å²) in [4.78, 5) is 11.2. The second-order valence-corrected chi connectivity index (χ2v) is 5.50. The summed E-state index contributed by atoms with van der Waals surface area (Å²) >= 11 is 0. The van der Waals surface area contributed by atoms with Gasteiger partial charge in [-0.25, -0.2) is 0 Å². The monoisotopic (exact) mass is 230 g/mol. The van der Waals surface area contributed by atoms with Crippen molar-refractivity contribution >= 4 is 5.97 Å². The van der Waals surface area contributed by atoms with Crippen LogP contribution >= 0.6 is 0 Å². The molecule has 2 unspecified atom stereocenters. The molecular weight excluding hydrogens is 202 g/mol. The molecule has 0 saturated heterocycles. The second kappa shape index (κ2) is 6.89. The third-order valence-electron chi connectivity index (χ3n) is 3.51. The summed E-state index contributed by atoms with van der Waals surface area (Å²) in [5, 5.41) is 9.23. The van der Waals surface area contributed by atoms with Gasteiger partial charge in [-0.05, 0) is 13.3 Å². The molecule has 0 aliphatic heterocycles. The first-order valence-electron chi connectivity index (χ1n) is 6.38. The Morgan fingerprint density at radius 2 is 1.88 bits per heavy atom. The number of hydrogen-bond donors (Lipinski definition) is 1. The van der Waals surface area contributed by atoms with E-state index in [0.717, 1.165) is 36.8 Å². The summed E-state index contributed by atoms with van der Waals surface area (Å²) in [7, 11) is 4.32. The van der Waals surface area contributed by atoms with Gasteiger partial charge in [0.2, 0.25) is 0 Å². The van der Waals surface area contributed by atoms with Crippen LogP contribution in [0.1, 0.15) is 40.0 Å². The molecule has 0 rings (SSSR count). The quantitative estimate of drug-likeness (QED) is 0.651. The lowest BCUT2D eigenvalue weighted by atomic mass is 9.88. The zero-order chi connectivity index (χ0) is 12.8.